The Bertz CT molecular complexity index is 706. The van der Waals surface area contributed by atoms with Crippen LogP contribution < -0.4 is 4.74 Å². The van der Waals surface area contributed by atoms with Gasteiger partial charge in [0.25, 0.3) is 0 Å². The van der Waals surface area contributed by atoms with E-state index in [1.54, 1.807) is 35.9 Å². The minimum atomic E-state index is 0.176. The van der Waals surface area contributed by atoms with Crippen LogP contribution in [0, 0.1) is 0 Å². The molecule has 2 aromatic heterocycles. The fourth-order valence-electron chi connectivity index (χ4n) is 1.84. The number of phenolic OH excluding ortho intramolecular Hbond substituents is 1. The lowest BCUT2D eigenvalue weighted by Crippen LogP contribution is -1.92. The second-order valence-electron chi connectivity index (χ2n) is 3.84. The number of methoxy groups -OCH3 is 1. The highest BCUT2D eigenvalue weighted by Crippen LogP contribution is 2.28. The van der Waals surface area contributed by atoms with Crippen molar-refractivity contribution in [2.24, 2.45) is 0 Å². The van der Waals surface area contributed by atoms with Gasteiger partial charge < -0.3 is 9.84 Å². The van der Waals surface area contributed by atoms with Crippen LogP contribution in [0.1, 0.15) is 0 Å². The summed E-state index contributed by atoms with van der Waals surface area (Å²) >= 11 is 0. The summed E-state index contributed by atoms with van der Waals surface area (Å²) in [6.07, 6.45) is 1.79. The molecule has 1 N–H and O–H groups in total. The van der Waals surface area contributed by atoms with Crippen molar-refractivity contribution >= 4 is 5.65 Å². The number of ether oxygens (including phenoxy) is 1. The Labute approximate surface area is 103 Å². The van der Waals surface area contributed by atoms with Gasteiger partial charge in [-0.05, 0) is 24.3 Å². The third kappa shape index (κ3) is 1.57. The number of fused-ring (bicyclic) bond motifs is 1. The van der Waals surface area contributed by atoms with Crippen molar-refractivity contribution in [1.29, 1.82) is 0 Å². The number of aromatic nitrogens is 3. The largest absolute Gasteiger partial charge is 0.507 e. The number of nitrogens with zero attached hydrogens (tertiary/aromatic N) is 3. The fourth-order valence-corrected chi connectivity index (χ4v) is 1.84. The van der Waals surface area contributed by atoms with E-state index < -0.39 is 0 Å². The van der Waals surface area contributed by atoms with Crippen LogP contribution in [0.2, 0.25) is 0 Å². The summed E-state index contributed by atoms with van der Waals surface area (Å²) in [4.78, 5) is 0. The van der Waals surface area contributed by atoms with Crippen LogP contribution >= 0.6 is 0 Å². The lowest BCUT2D eigenvalue weighted by molar-refractivity contribution is 0.412. The van der Waals surface area contributed by atoms with E-state index in [1.807, 2.05) is 18.2 Å². The molecular weight excluding hydrogens is 230 g/mol. The smallest absolute Gasteiger partial charge is 0.172 e. The van der Waals surface area contributed by atoms with Gasteiger partial charge in [-0.1, -0.05) is 12.1 Å². The van der Waals surface area contributed by atoms with Crippen LogP contribution in [-0.4, -0.2) is 26.8 Å². The molecule has 5 nitrogen and oxygen atoms in total. The van der Waals surface area contributed by atoms with Gasteiger partial charge in [0.2, 0.25) is 0 Å². The zero-order valence-electron chi connectivity index (χ0n) is 9.74. The predicted molar refractivity (Wildman–Crippen MR) is 66.6 cm³/mol. The summed E-state index contributed by atoms with van der Waals surface area (Å²) in [7, 11) is 1.60. The molecule has 0 aliphatic heterocycles. The second-order valence-corrected chi connectivity index (χ2v) is 3.84. The van der Waals surface area contributed by atoms with Crippen molar-refractivity contribution in [3.8, 4) is 22.9 Å². The van der Waals surface area contributed by atoms with Crippen molar-refractivity contribution in [2.45, 2.75) is 0 Å². The molecule has 5 heteroatoms. The van der Waals surface area contributed by atoms with E-state index in [9.17, 15) is 5.11 Å². The quantitative estimate of drug-likeness (QED) is 0.746. The molecule has 0 unspecified atom stereocenters. The van der Waals surface area contributed by atoms with Gasteiger partial charge in [0.1, 0.15) is 11.5 Å². The van der Waals surface area contributed by atoms with Gasteiger partial charge in [-0.25, -0.2) is 0 Å². The highest BCUT2D eigenvalue weighted by Gasteiger charge is 2.11. The van der Waals surface area contributed by atoms with Gasteiger partial charge in [-0.15, -0.1) is 10.2 Å². The SMILES string of the molecule is COc1ccc2nnc(-c3ccccc3O)n2c1. The third-order valence-corrected chi connectivity index (χ3v) is 2.76. The third-order valence-electron chi connectivity index (χ3n) is 2.76. The minimum absolute atomic E-state index is 0.176. The van der Waals surface area contributed by atoms with Crippen molar-refractivity contribution < 1.29 is 9.84 Å². The summed E-state index contributed by atoms with van der Waals surface area (Å²) in [6.45, 7) is 0. The molecule has 0 aliphatic carbocycles. The van der Waals surface area contributed by atoms with E-state index in [2.05, 4.69) is 10.2 Å². The molecule has 0 amide bonds. The van der Waals surface area contributed by atoms with Crippen LogP contribution in [0.3, 0.4) is 0 Å². The zero-order valence-corrected chi connectivity index (χ0v) is 9.74. The molecule has 0 radical (unpaired) electrons. The van der Waals surface area contributed by atoms with Gasteiger partial charge in [0.05, 0.1) is 18.9 Å². The molecule has 3 rings (SSSR count). The molecular formula is C13H11N3O2. The van der Waals surface area contributed by atoms with E-state index in [1.165, 1.54) is 0 Å². The number of hydrogen-bond acceptors (Lipinski definition) is 4. The molecule has 90 valence electrons. The van der Waals surface area contributed by atoms with Gasteiger partial charge in [-0.2, -0.15) is 0 Å². The number of para-hydroxylation sites is 1. The van der Waals surface area contributed by atoms with Crippen LogP contribution in [0.5, 0.6) is 11.5 Å². The van der Waals surface area contributed by atoms with Crippen LogP contribution in [0.4, 0.5) is 0 Å². The number of pyridine rings is 1. The standard InChI is InChI=1S/C13H11N3O2/c1-18-9-6-7-12-14-15-13(16(12)8-9)10-4-2-3-5-11(10)17/h2-8,17H,1H3. The maximum Gasteiger partial charge on any atom is 0.172 e. The molecule has 18 heavy (non-hydrogen) atoms. The summed E-state index contributed by atoms with van der Waals surface area (Å²) in [5, 5.41) is 18.0. The summed E-state index contributed by atoms with van der Waals surface area (Å²) in [6, 6.07) is 10.7. The number of aromatic hydroxyl groups is 1. The highest BCUT2D eigenvalue weighted by molar-refractivity contribution is 5.66. The van der Waals surface area contributed by atoms with Gasteiger partial charge in [-0.3, -0.25) is 4.40 Å². The van der Waals surface area contributed by atoms with E-state index in [0.717, 1.165) is 0 Å². The normalized spacial score (nSPS) is 10.7. The molecule has 2 heterocycles. The van der Waals surface area contributed by atoms with Crippen molar-refractivity contribution in [3.05, 3.63) is 42.6 Å². The van der Waals surface area contributed by atoms with E-state index in [0.29, 0.717) is 22.8 Å². The first-order valence-corrected chi connectivity index (χ1v) is 5.47. The lowest BCUT2D eigenvalue weighted by atomic mass is 10.2. The summed E-state index contributed by atoms with van der Waals surface area (Å²) in [5.41, 5.74) is 1.34. The number of benzene rings is 1. The Morgan fingerprint density at radius 1 is 1.11 bits per heavy atom. The van der Waals surface area contributed by atoms with Crippen LogP contribution in [-0.2, 0) is 0 Å². The molecule has 0 bridgehead atoms. The maximum atomic E-state index is 9.86. The minimum Gasteiger partial charge on any atom is -0.507 e. The fraction of sp³-hybridized carbons (Fsp3) is 0.0769. The van der Waals surface area contributed by atoms with E-state index in [-0.39, 0.29) is 5.75 Å². The Morgan fingerprint density at radius 3 is 2.72 bits per heavy atom. The Kier molecular flexibility index (Phi) is 2.37. The first-order chi connectivity index (χ1) is 8.79. The lowest BCUT2D eigenvalue weighted by Gasteiger charge is -2.04. The Balaban J connectivity index is 2.26. The molecule has 0 fully saturated rings. The predicted octanol–water partition coefficient (Wildman–Crippen LogP) is 2.11. The summed E-state index contributed by atoms with van der Waals surface area (Å²) < 4.78 is 6.96. The van der Waals surface area contributed by atoms with Crippen molar-refractivity contribution in [1.82, 2.24) is 14.6 Å². The molecule has 0 saturated heterocycles. The van der Waals surface area contributed by atoms with Gasteiger partial charge in [0, 0.05) is 0 Å². The molecule has 0 aliphatic rings. The van der Waals surface area contributed by atoms with Crippen molar-refractivity contribution in [2.75, 3.05) is 7.11 Å². The Hall–Kier alpha value is -2.56. The summed E-state index contributed by atoms with van der Waals surface area (Å²) in [5.74, 6) is 1.47. The first kappa shape index (κ1) is 10.6. The molecule has 1 aromatic carbocycles. The van der Waals surface area contributed by atoms with Gasteiger partial charge >= 0.3 is 0 Å². The number of phenols is 1. The van der Waals surface area contributed by atoms with Crippen LogP contribution in [0.25, 0.3) is 17.0 Å². The molecule has 0 saturated carbocycles. The first-order valence-electron chi connectivity index (χ1n) is 5.47. The highest BCUT2D eigenvalue weighted by atomic mass is 16.5. The molecule has 3 aromatic rings. The Morgan fingerprint density at radius 2 is 1.94 bits per heavy atom. The molecule has 0 atom stereocenters. The van der Waals surface area contributed by atoms with Crippen molar-refractivity contribution in [3.63, 3.8) is 0 Å². The maximum absolute atomic E-state index is 9.86. The number of hydrogen-bond donors (Lipinski definition) is 1. The zero-order chi connectivity index (χ0) is 12.5. The van der Waals surface area contributed by atoms with E-state index >= 15 is 0 Å². The van der Waals surface area contributed by atoms with Crippen LogP contribution in [0.15, 0.2) is 42.6 Å². The second kappa shape index (κ2) is 4.03. The average molecular weight is 241 g/mol. The number of rotatable bonds is 2. The van der Waals surface area contributed by atoms with Gasteiger partial charge in [0.15, 0.2) is 11.5 Å². The van der Waals surface area contributed by atoms with E-state index in [4.69, 9.17) is 4.74 Å². The topological polar surface area (TPSA) is 59.7 Å². The molecule has 0 spiro atoms. The average Bonchev–Trinajstić information content (AvgIpc) is 2.82. The monoisotopic (exact) mass is 241 g/mol.